The second-order valence-electron chi connectivity index (χ2n) is 4.44. The Labute approximate surface area is 138 Å². The molecule has 24 heavy (non-hydrogen) atoms. The van der Waals surface area contributed by atoms with Crippen LogP contribution in [0.4, 0.5) is 4.79 Å². The van der Waals surface area contributed by atoms with Crippen LogP contribution in [0.5, 0.6) is 0 Å². The summed E-state index contributed by atoms with van der Waals surface area (Å²) in [7, 11) is 2.72. The van der Waals surface area contributed by atoms with Crippen molar-refractivity contribution < 1.29 is 33.4 Å². The van der Waals surface area contributed by atoms with E-state index in [2.05, 4.69) is 10.1 Å². The lowest BCUT2D eigenvalue weighted by Gasteiger charge is -2.07. The maximum atomic E-state index is 11.8. The Hall–Kier alpha value is -2.94. The lowest BCUT2D eigenvalue weighted by atomic mass is 10.1. The molecule has 9 nitrogen and oxygen atoms in total. The van der Waals surface area contributed by atoms with E-state index in [0.29, 0.717) is 6.61 Å². The first-order chi connectivity index (χ1) is 11.5. The van der Waals surface area contributed by atoms with Crippen LogP contribution < -0.4 is 10.6 Å². The van der Waals surface area contributed by atoms with Gasteiger partial charge in [0.25, 0.3) is 5.91 Å². The number of ether oxygens (including phenoxy) is 3. The Bertz CT molecular complexity index is 598. The van der Waals surface area contributed by atoms with E-state index in [9.17, 15) is 19.2 Å². The molecule has 0 heterocycles. The fourth-order valence-electron chi connectivity index (χ4n) is 1.55. The molecule has 0 saturated carbocycles. The van der Waals surface area contributed by atoms with Gasteiger partial charge in [-0.1, -0.05) is 0 Å². The lowest BCUT2D eigenvalue weighted by molar-refractivity contribution is -0.123. The Balaban J connectivity index is 2.41. The van der Waals surface area contributed by atoms with Crippen molar-refractivity contribution in [1.29, 1.82) is 0 Å². The third-order valence-corrected chi connectivity index (χ3v) is 2.72. The summed E-state index contributed by atoms with van der Waals surface area (Å²) in [5.74, 6) is -2.07. The van der Waals surface area contributed by atoms with Crippen LogP contribution in [0, 0.1) is 0 Å². The Morgan fingerprint density at radius 3 is 2.08 bits per heavy atom. The number of esters is 2. The van der Waals surface area contributed by atoms with Crippen LogP contribution in [0.1, 0.15) is 20.7 Å². The maximum absolute atomic E-state index is 11.8. The van der Waals surface area contributed by atoms with Crippen molar-refractivity contribution in [3.8, 4) is 0 Å². The van der Waals surface area contributed by atoms with Gasteiger partial charge in [0.1, 0.15) is 0 Å². The molecule has 9 heteroatoms. The zero-order chi connectivity index (χ0) is 17.9. The minimum atomic E-state index is -0.774. The molecule has 2 N–H and O–H groups in total. The van der Waals surface area contributed by atoms with Crippen LogP contribution in [-0.2, 0) is 19.0 Å². The van der Waals surface area contributed by atoms with Crippen LogP contribution in [-0.4, -0.2) is 57.9 Å². The highest BCUT2D eigenvalue weighted by molar-refractivity contribution is 5.97. The van der Waals surface area contributed by atoms with Gasteiger partial charge in [0.15, 0.2) is 6.61 Å². The van der Waals surface area contributed by atoms with Gasteiger partial charge in [-0.3, -0.25) is 10.1 Å². The molecule has 1 aromatic carbocycles. The fraction of sp³-hybridized carbons (Fsp3) is 0.333. The summed E-state index contributed by atoms with van der Waals surface area (Å²) in [6.45, 7) is -0.0740. The highest BCUT2D eigenvalue weighted by Gasteiger charge is 2.13. The minimum absolute atomic E-state index is 0.153. The molecular formula is C15H18N2O7. The topological polar surface area (TPSA) is 120 Å². The highest BCUT2D eigenvalue weighted by atomic mass is 16.5. The number of rotatable bonds is 7. The van der Waals surface area contributed by atoms with E-state index in [1.165, 1.54) is 38.5 Å². The quantitative estimate of drug-likeness (QED) is 0.534. The van der Waals surface area contributed by atoms with E-state index in [-0.39, 0.29) is 17.7 Å². The number of methoxy groups -OCH3 is 2. The molecular weight excluding hydrogens is 320 g/mol. The van der Waals surface area contributed by atoms with Crippen LogP contribution in [0.3, 0.4) is 0 Å². The van der Waals surface area contributed by atoms with Gasteiger partial charge in [-0.05, 0) is 24.3 Å². The van der Waals surface area contributed by atoms with Gasteiger partial charge in [-0.2, -0.15) is 0 Å². The number of benzene rings is 1. The van der Waals surface area contributed by atoms with Gasteiger partial charge >= 0.3 is 18.0 Å². The summed E-state index contributed by atoms with van der Waals surface area (Å²) >= 11 is 0. The summed E-state index contributed by atoms with van der Waals surface area (Å²) in [4.78, 5) is 45.8. The molecule has 0 unspecified atom stereocenters. The molecule has 0 aromatic heterocycles. The molecule has 0 bridgehead atoms. The third-order valence-electron chi connectivity index (χ3n) is 2.72. The highest BCUT2D eigenvalue weighted by Crippen LogP contribution is 2.07. The first-order valence-electron chi connectivity index (χ1n) is 6.90. The average Bonchev–Trinajstić information content (AvgIpc) is 2.59. The number of hydrogen-bond donors (Lipinski definition) is 2. The summed E-state index contributed by atoms with van der Waals surface area (Å²) in [5, 5.41) is 4.37. The number of carbonyl (C=O) groups is 4. The van der Waals surface area contributed by atoms with Crippen molar-refractivity contribution in [3.05, 3.63) is 35.4 Å². The molecule has 0 atom stereocenters. The van der Waals surface area contributed by atoms with Crippen LogP contribution in [0.2, 0.25) is 0 Å². The van der Waals surface area contributed by atoms with Gasteiger partial charge in [-0.25, -0.2) is 14.4 Å². The van der Waals surface area contributed by atoms with E-state index >= 15 is 0 Å². The van der Waals surface area contributed by atoms with Gasteiger partial charge in [0.05, 0.1) is 24.8 Å². The number of amides is 3. The Morgan fingerprint density at radius 2 is 1.54 bits per heavy atom. The summed E-state index contributed by atoms with van der Waals surface area (Å²) in [6, 6.07) is 4.81. The first kappa shape index (κ1) is 19.1. The molecule has 130 valence electrons. The average molecular weight is 338 g/mol. The SMILES string of the molecule is COCCNC(=O)NC(=O)COC(=O)c1ccc(C(=O)OC)cc1. The van der Waals surface area contributed by atoms with Crippen LogP contribution >= 0.6 is 0 Å². The summed E-state index contributed by atoms with van der Waals surface area (Å²) in [5.41, 5.74) is 0.430. The number of hydrogen-bond acceptors (Lipinski definition) is 7. The normalized spacial score (nSPS) is 9.75. The Kier molecular flexibility index (Phi) is 7.92. The number of imide groups is 1. The zero-order valence-corrected chi connectivity index (χ0v) is 13.3. The zero-order valence-electron chi connectivity index (χ0n) is 13.3. The molecule has 0 aliphatic carbocycles. The smallest absolute Gasteiger partial charge is 0.338 e. The second-order valence-corrected chi connectivity index (χ2v) is 4.44. The standard InChI is InChI=1S/C15H18N2O7/c1-22-8-7-16-15(21)17-12(18)9-24-14(20)11-5-3-10(4-6-11)13(19)23-2/h3-6H,7-9H2,1-2H3,(H2,16,17,18,21). The fourth-order valence-corrected chi connectivity index (χ4v) is 1.55. The van der Waals surface area contributed by atoms with Crippen LogP contribution in [0.25, 0.3) is 0 Å². The van der Waals surface area contributed by atoms with E-state index in [4.69, 9.17) is 9.47 Å². The molecule has 0 fully saturated rings. The molecule has 0 aliphatic rings. The molecule has 0 saturated heterocycles. The van der Waals surface area contributed by atoms with Crippen LogP contribution in [0.15, 0.2) is 24.3 Å². The molecule has 0 spiro atoms. The summed E-state index contributed by atoms with van der Waals surface area (Å²) < 4.78 is 14.0. The van der Waals surface area contributed by atoms with Crippen molar-refractivity contribution in [2.45, 2.75) is 0 Å². The number of carbonyl (C=O) groups excluding carboxylic acids is 4. The molecule has 1 rings (SSSR count). The van der Waals surface area contributed by atoms with Crippen molar-refractivity contribution in [2.24, 2.45) is 0 Å². The van der Waals surface area contributed by atoms with Crippen molar-refractivity contribution >= 4 is 23.9 Å². The molecule has 0 radical (unpaired) electrons. The predicted octanol–water partition coefficient (Wildman–Crippen LogP) is 0.102. The van der Waals surface area contributed by atoms with Crippen molar-refractivity contribution in [1.82, 2.24) is 10.6 Å². The van der Waals surface area contributed by atoms with Gasteiger partial charge in [-0.15, -0.1) is 0 Å². The second kappa shape index (κ2) is 9.95. The molecule has 3 amide bonds. The van der Waals surface area contributed by atoms with Crippen molar-refractivity contribution in [3.63, 3.8) is 0 Å². The maximum Gasteiger partial charge on any atom is 0.338 e. The van der Waals surface area contributed by atoms with Gasteiger partial charge < -0.3 is 19.5 Å². The van der Waals surface area contributed by atoms with E-state index in [0.717, 1.165) is 0 Å². The van der Waals surface area contributed by atoms with E-state index in [1.807, 2.05) is 5.32 Å². The lowest BCUT2D eigenvalue weighted by Crippen LogP contribution is -2.42. The largest absolute Gasteiger partial charge is 0.465 e. The van der Waals surface area contributed by atoms with Gasteiger partial charge in [0.2, 0.25) is 0 Å². The Morgan fingerprint density at radius 1 is 0.958 bits per heavy atom. The predicted molar refractivity (Wildman–Crippen MR) is 81.5 cm³/mol. The molecule has 1 aromatic rings. The monoisotopic (exact) mass is 338 g/mol. The van der Waals surface area contributed by atoms with E-state index < -0.39 is 30.5 Å². The minimum Gasteiger partial charge on any atom is -0.465 e. The third kappa shape index (κ3) is 6.44. The number of nitrogens with one attached hydrogen (secondary N) is 2. The van der Waals surface area contributed by atoms with Gasteiger partial charge in [0, 0.05) is 13.7 Å². The molecule has 0 aliphatic heterocycles. The van der Waals surface area contributed by atoms with Crippen molar-refractivity contribution in [2.75, 3.05) is 34.0 Å². The first-order valence-corrected chi connectivity index (χ1v) is 6.90. The summed E-state index contributed by atoms with van der Waals surface area (Å²) in [6.07, 6.45) is 0. The van der Waals surface area contributed by atoms with E-state index in [1.54, 1.807) is 0 Å². The number of urea groups is 1.